The minimum absolute atomic E-state index is 0.104. The Hall–Kier alpha value is -1.46. The molecule has 114 valence electrons. The Labute approximate surface area is 133 Å². The van der Waals surface area contributed by atoms with Crippen LogP contribution in [0.1, 0.15) is 12.0 Å². The van der Waals surface area contributed by atoms with Gasteiger partial charge in [-0.15, -0.1) is 0 Å². The highest BCUT2D eigenvalue weighted by Crippen LogP contribution is 2.25. The Bertz CT molecular complexity index is 537. The number of ether oxygens (including phenoxy) is 1. The standard InChI is InChI=1S/C14H16Cl2N2O3/c15-11-3-1-2-10(13(11)16)4-6-17-12(19)5-7-18-8-9-21-14(18)20/h1-3H,4-9H2,(H,17,19). The average molecular weight is 331 g/mol. The molecular formula is C14H16Cl2N2O3. The maximum atomic E-state index is 11.7. The lowest BCUT2D eigenvalue weighted by Crippen LogP contribution is -2.32. The zero-order chi connectivity index (χ0) is 15.2. The third kappa shape index (κ3) is 4.51. The van der Waals surface area contributed by atoms with E-state index in [4.69, 9.17) is 27.9 Å². The number of rotatable bonds is 6. The fourth-order valence-corrected chi connectivity index (χ4v) is 2.45. The highest BCUT2D eigenvalue weighted by molar-refractivity contribution is 6.42. The van der Waals surface area contributed by atoms with E-state index in [0.29, 0.717) is 42.7 Å². The van der Waals surface area contributed by atoms with Gasteiger partial charge in [-0.3, -0.25) is 4.79 Å². The zero-order valence-corrected chi connectivity index (χ0v) is 12.9. The Morgan fingerprint density at radius 2 is 2.19 bits per heavy atom. The summed E-state index contributed by atoms with van der Waals surface area (Å²) in [7, 11) is 0. The van der Waals surface area contributed by atoms with Crippen molar-refractivity contribution in [1.29, 1.82) is 0 Å². The molecule has 1 N–H and O–H groups in total. The maximum absolute atomic E-state index is 11.7. The number of cyclic esters (lactones) is 1. The highest BCUT2D eigenvalue weighted by Gasteiger charge is 2.21. The smallest absolute Gasteiger partial charge is 0.409 e. The van der Waals surface area contributed by atoms with E-state index in [1.165, 1.54) is 4.90 Å². The van der Waals surface area contributed by atoms with Crippen LogP contribution in [-0.2, 0) is 16.0 Å². The number of hydrogen-bond donors (Lipinski definition) is 1. The number of carbonyl (C=O) groups excluding carboxylic acids is 2. The van der Waals surface area contributed by atoms with Crippen LogP contribution in [0.2, 0.25) is 10.0 Å². The van der Waals surface area contributed by atoms with Gasteiger partial charge in [-0.25, -0.2) is 4.79 Å². The van der Waals surface area contributed by atoms with Crippen molar-refractivity contribution in [1.82, 2.24) is 10.2 Å². The molecule has 0 atom stereocenters. The first-order valence-corrected chi connectivity index (χ1v) is 7.45. The van der Waals surface area contributed by atoms with Crippen LogP contribution in [0.4, 0.5) is 4.79 Å². The molecule has 5 nitrogen and oxygen atoms in total. The van der Waals surface area contributed by atoms with Crippen molar-refractivity contribution in [3.05, 3.63) is 33.8 Å². The molecule has 0 aliphatic carbocycles. The van der Waals surface area contributed by atoms with Crippen LogP contribution in [0.15, 0.2) is 18.2 Å². The predicted octanol–water partition coefficient (Wildman–Crippen LogP) is 2.49. The highest BCUT2D eigenvalue weighted by atomic mass is 35.5. The molecule has 1 aliphatic rings. The van der Waals surface area contributed by atoms with E-state index >= 15 is 0 Å². The first kappa shape index (κ1) is 15.9. The molecule has 0 radical (unpaired) electrons. The van der Waals surface area contributed by atoms with E-state index in [0.717, 1.165) is 5.56 Å². The summed E-state index contributed by atoms with van der Waals surface area (Å²) in [5.74, 6) is -0.104. The fourth-order valence-electron chi connectivity index (χ4n) is 2.03. The molecule has 0 saturated carbocycles. The normalized spacial score (nSPS) is 14.2. The summed E-state index contributed by atoms with van der Waals surface area (Å²) >= 11 is 12.0. The van der Waals surface area contributed by atoms with Crippen LogP contribution in [-0.4, -0.2) is 43.1 Å². The van der Waals surface area contributed by atoms with Crippen molar-refractivity contribution < 1.29 is 14.3 Å². The average Bonchev–Trinajstić information content (AvgIpc) is 2.87. The van der Waals surface area contributed by atoms with E-state index < -0.39 is 0 Å². The Morgan fingerprint density at radius 3 is 2.90 bits per heavy atom. The van der Waals surface area contributed by atoms with Crippen LogP contribution in [0.5, 0.6) is 0 Å². The van der Waals surface area contributed by atoms with Gasteiger partial charge in [0.1, 0.15) is 6.61 Å². The molecule has 0 aromatic heterocycles. The molecule has 0 bridgehead atoms. The number of amides is 2. The quantitative estimate of drug-likeness (QED) is 0.871. The van der Waals surface area contributed by atoms with Gasteiger partial charge in [0.25, 0.3) is 0 Å². The molecule has 1 aromatic rings. The van der Waals surface area contributed by atoms with Crippen molar-refractivity contribution in [2.24, 2.45) is 0 Å². The predicted molar refractivity (Wildman–Crippen MR) is 80.7 cm³/mol. The minimum Gasteiger partial charge on any atom is -0.448 e. The monoisotopic (exact) mass is 330 g/mol. The fraction of sp³-hybridized carbons (Fsp3) is 0.429. The van der Waals surface area contributed by atoms with Crippen LogP contribution >= 0.6 is 23.2 Å². The lowest BCUT2D eigenvalue weighted by Gasteiger charge is -2.12. The summed E-state index contributed by atoms with van der Waals surface area (Å²) in [5.41, 5.74) is 0.896. The van der Waals surface area contributed by atoms with E-state index in [2.05, 4.69) is 5.32 Å². The first-order chi connectivity index (χ1) is 10.1. The molecule has 1 aliphatic heterocycles. The molecule has 1 aromatic carbocycles. The molecule has 21 heavy (non-hydrogen) atoms. The van der Waals surface area contributed by atoms with E-state index in [9.17, 15) is 9.59 Å². The van der Waals surface area contributed by atoms with E-state index in [1.807, 2.05) is 12.1 Å². The van der Waals surface area contributed by atoms with Crippen molar-refractivity contribution in [3.8, 4) is 0 Å². The van der Waals surface area contributed by atoms with Gasteiger partial charge < -0.3 is 15.0 Å². The van der Waals surface area contributed by atoms with Gasteiger partial charge >= 0.3 is 6.09 Å². The van der Waals surface area contributed by atoms with Crippen LogP contribution in [0, 0.1) is 0 Å². The third-order valence-electron chi connectivity index (χ3n) is 3.20. The number of hydrogen-bond acceptors (Lipinski definition) is 3. The van der Waals surface area contributed by atoms with Gasteiger partial charge in [0.2, 0.25) is 5.91 Å². The molecular weight excluding hydrogens is 315 g/mol. The lowest BCUT2D eigenvalue weighted by atomic mass is 10.1. The zero-order valence-electron chi connectivity index (χ0n) is 11.4. The summed E-state index contributed by atoms with van der Waals surface area (Å²) in [5, 5.41) is 3.83. The molecule has 0 unspecified atom stereocenters. The Balaban J connectivity index is 1.69. The second-order valence-corrected chi connectivity index (χ2v) is 5.45. The van der Waals surface area contributed by atoms with E-state index in [-0.39, 0.29) is 18.4 Å². The summed E-state index contributed by atoms with van der Waals surface area (Å²) < 4.78 is 4.79. The van der Waals surface area contributed by atoms with Crippen molar-refractivity contribution >= 4 is 35.2 Å². The molecule has 1 heterocycles. The molecule has 7 heteroatoms. The summed E-state index contributed by atoms with van der Waals surface area (Å²) in [4.78, 5) is 24.4. The van der Waals surface area contributed by atoms with Gasteiger partial charge in [-0.2, -0.15) is 0 Å². The van der Waals surface area contributed by atoms with Gasteiger partial charge in [-0.1, -0.05) is 35.3 Å². The first-order valence-electron chi connectivity index (χ1n) is 6.69. The number of benzene rings is 1. The number of halogens is 2. The number of nitrogens with one attached hydrogen (secondary N) is 1. The topological polar surface area (TPSA) is 58.6 Å². The molecule has 1 fully saturated rings. The minimum atomic E-state index is -0.353. The van der Waals surface area contributed by atoms with Crippen LogP contribution in [0.3, 0.4) is 0 Å². The van der Waals surface area contributed by atoms with Gasteiger partial charge in [0, 0.05) is 19.5 Å². The molecule has 0 spiro atoms. The summed E-state index contributed by atoms with van der Waals surface area (Å²) in [6, 6.07) is 5.42. The van der Waals surface area contributed by atoms with E-state index in [1.54, 1.807) is 6.07 Å². The SMILES string of the molecule is O=C(CCN1CCOC1=O)NCCc1cccc(Cl)c1Cl. The van der Waals surface area contributed by atoms with Gasteiger partial charge in [-0.05, 0) is 18.1 Å². The second kappa shape index (κ2) is 7.52. The van der Waals surface area contributed by atoms with Gasteiger partial charge in [0.15, 0.2) is 0 Å². The maximum Gasteiger partial charge on any atom is 0.409 e. The summed E-state index contributed by atoms with van der Waals surface area (Å²) in [6.45, 7) is 1.80. The van der Waals surface area contributed by atoms with Crippen molar-refractivity contribution in [2.45, 2.75) is 12.8 Å². The largest absolute Gasteiger partial charge is 0.448 e. The number of nitrogens with zero attached hydrogens (tertiary/aromatic N) is 1. The van der Waals surface area contributed by atoms with Crippen molar-refractivity contribution in [3.63, 3.8) is 0 Å². The van der Waals surface area contributed by atoms with Crippen molar-refractivity contribution in [2.75, 3.05) is 26.2 Å². The molecule has 1 saturated heterocycles. The Morgan fingerprint density at radius 1 is 1.38 bits per heavy atom. The van der Waals surface area contributed by atoms with Gasteiger partial charge in [0.05, 0.1) is 16.6 Å². The lowest BCUT2D eigenvalue weighted by molar-refractivity contribution is -0.121. The Kier molecular flexibility index (Phi) is 5.70. The third-order valence-corrected chi connectivity index (χ3v) is 4.06. The van der Waals surface area contributed by atoms with Crippen LogP contribution < -0.4 is 5.32 Å². The summed E-state index contributed by atoms with van der Waals surface area (Å²) in [6.07, 6.45) is 0.517. The molecule has 2 amide bonds. The van der Waals surface area contributed by atoms with Crippen LogP contribution in [0.25, 0.3) is 0 Å². The second-order valence-electron chi connectivity index (χ2n) is 4.66. The number of carbonyl (C=O) groups is 2. The molecule has 2 rings (SSSR count).